The van der Waals surface area contributed by atoms with Crippen molar-refractivity contribution in [2.75, 3.05) is 19.8 Å². The van der Waals surface area contributed by atoms with Crippen LogP contribution >= 0.6 is 7.60 Å². The van der Waals surface area contributed by atoms with Gasteiger partial charge in [0.05, 0.1) is 39.6 Å². The van der Waals surface area contributed by atoms with Gasteiger partial charge in [-0.15, -0.1) is 0 Å². The first-order chi connectivity index (χ1) is 19.4. The average molecular weight is 573 g/mol. The number of ether oxygens (including phenoxy) is 3. The van der Waals surface area contributed by atoms with Crippen molar-refractivity contribution in [3.8, 4) is 0 Å². The Morgan fingerprint density at radius 3 is 1.70 bits per heavy atom. The SMILES string of the molecule is CCOP(=O)(OCC)/C(F)=C/[C@@H](OCc1ccccc1)[C@H](OCc1ccccc1)[C@H](O)COCc1ccccc1. The second-order valence-corrected chi connectivity index (χ2v) is 10.9. The molecule has 0 bridgehead atoms. The van der Waals surface area contributed by atoms with Gasteiger partial charge in [0, 0.05) is 0 Å². The van der Waals surface area contributed by atoms with Crippen molar-refractivity contribution >= 4 is 7.60 Å². The second kappa shape index (κ2) is 17.2. The van der Waals surface area contributed by atoms with Gasteiger partial charge >= 0.3 is 7.60 Å². The van der Waals surface area contributed by atoms with Crippen LogP contribution in [0, 0.1) is 0 Å². The van der Waals surface area contributed by atoms with Gasteiger partial charge in [0.15, 0.2) is 0 Å². The minimum Gasteiger partial charge on any atom is -0.388 e. The Labute approximate surface area is 236 Å². The molecule has 0 aliphatic heterocycles. The number of halogens is 1. The molecule has 9 heteroatoms. The molecule has 3 aromatic carbocycles. The molecule has 7 nitrogen and oxygen atoms in total. The molecule has 0 radical (unpaired) electrons. The van der Waals surface area contributed by atoms with Gasteiger partial charge in [-0.2, -0.15) is 4.39 Å². The molecule has 40 heavy (non-hydrogen) atoms. The van der Waals surface area contributed by atoms with E-state index in [0.717, 1.165) is 22.8 Å². The van der Waals surface area contributed by atoms with Gasteiger partial charge in [0.1, 0.15) is 18.3 Å². The highest BCUT2D eigenvalue weighted by atomic mass is 31.2. The van der Waals surface area contributed by atoms with E-state index in [9.17, 15) is 9.67 Å². The Bertz CT molecular complexity index is 1170. The van der Waals surface area contributed by atoms with Gasteiger partial charge in [-0.25, -0.2) is 0 Å². The van der Waals surface area contributed by atoms with Crippen molar-refractivity contribution in [3.63, 3.8) is 0 Å². The summed E-state index contributed by atoms with van der Waals surface area (Å²) < 4.78 is 57.1. The zero-order valence-corrected chi connectivity index (χ0v) is 23.8. The van der Waals surface area contributed by atoms with Gasteiger partial charge in [-0.05, 0) is 36.6 Å². The summed E-state index contributed by atoms with van der Waals surface area (Å²) in [6.07, 6.45) is -2.43. The van der Waals surface area contributed by atoms with Crippen molar-refractivity contribution < 1.29 is 37.3 Å². The Morgan fingerprint density at radius 2 is 1.23 bits per heavy atom. The highest BCUT2D eigenvalue weighted by Gasteiger charge is 2.35. The van der Waals surface area contributed by atoms with Crippen LogP contribution in [0.2, 0.25) is 0 Å². The fourth-order valence-corrected chi connectivity index (χ4v) is 5.22. The lowest BCUT2D eigenvalue weighted by Gasteiger charge is -2.30. The van der Waals surface area contributed by atoms with Gasteiger partial charge in [-0.3, -0.25) is 4.57 Å². The molecular weight excluding hydrogens is 534 g/mol. The predicted octanol–water partition coefficient (Wildman–Crippen LogP) is 6.81. The van der Waals surface area contributed by atoms with E-state index < -0.39 is 31.5 Å². The van der Waals surface area contributed by atoms with Crippen LogP contribution in [0.25, 0.3) is 0 Å². The van der Waals surface area contributed by atoms with E-state index in [4.69, 9.17) is 23.3 Å². The maximum absolute atomic E-state index is 15.6. The fourth-order valence-electron chi connectivity index (χ4n) is 3.89. The zero-order valence-electron chi connectivity index (χ0n) is 22.9. The summed E-state index contributed by atoms with van der Waals surface area (Å²) >= 11 is 0. The summed E-state index contributed by atoms with van der Waals surface area (Å²) in [4.78, 5) is 0. The predicted molar refractivity (Wildman–Crippen MR) is 152 cm³/mol. The minimum atomic E-state index is -4.22. The molecule has 0 aliphatic rings. The van der Waals surface area contributed by atoms with Crippen LogP contribution in [0.4, 0.5) is 4.39 Å². The summed E-state index contributed by atoms with van der Waals surface area (Å²) in [5, 5.41) is 11.2. The monoisotopic (exact) mass is 572 g/mol. The zero-order chi connectivity index (χ0) is 28.6. The van der Waals surface area contributed by atoms with Crippen LogP contribution in [0.5, 0.6) is 0 Å². The molecule has 0 saturated carbocycles. The quantitative estimate of drug-likeness (QED) is 0.168. The molecule has 0 aliphatic carbocycles. The third-order valence-electron chi connectivity index (χ3n) is 5.84. The maximum atomic E-state index is 15.6. The van der Waals surface area contributed by atoms with Gasteiger partial charge < -0.3 is 28.4 Å². The number of aliphatic hydroxyl groups excluding tert-OH is 1. The minimum absolute atomic E-state index is 0.0159. The van der Waals surface area contributed by atoms with E-state index in [1.54, 1.807) is 13.8 Å². The third-order valence-corrected chi connectivity index (χ3v) is 7.70. The summed E-state index contributed by atoms with van der Waals surface area (Å²) in [5.41, 5.74) is 1.51. The van der Waals surface area contributed by atoms with E-state index >= 15 is 4.39 Å². The maximum Gasteiger partial charge on any atom is 0.389 e. The second-order valence-electron chi connectivity index (χ2n) is 8.91. The van der Waals surface area contributed by atoms with E-state index in [1.807, 2.05) is 91.0 Å². The summed E-state index contributed by atoms with van der Waals surface area (Å²) in [6.45, 7) is 3.54. The Morgan fingerprint density at radius 1 is 0.775 bits per heavy atom. The molecule has 216 valence electrons. The smallest absolute Gasteiger partial charge is 0.388 e. The van der Waals surface area contributed by atoms with E-state index in [2.05, 4.69) is 0 Å². The number of hydrogen-bond acceptors (Lipinski definition) is 7. The number of aliphatic hydroxyl groups is 1. The van der Waals surface area contributed by atoms with Crippen LogP contribution in [-0.4, -0.2) is 43.2 Å². The first-order valence-corrected chi connectivity index (χ1v) is 14.9. The molecular formula is C31H38FO7P. The lowest BCUT2D eigenvalue weighted by molar-refractivity contribution is -0.134. The normalized spacial score (nSPS) is 14.6. The molecule has 0 fully saturated rings. The van der Waals surface area contributed by atoms with Crippen molar-refractivity contribution in [2.24, 2.45) is 0 Å². The van der Waals surface area contributed by atoms with Crippen LogP contribution < -0.4 is 0 Å². The van der Waals surface area contributed by atoms with Crippen LogP contribution in [0.1, 0.15) is 30.5 Å². The fraction of sp³-hybridized carbons (Fsp3) is 0.355. The van der Waals surface area contributed by atoms with Crippen molar-refractivity contribution in [3.05, 3.63) is 119 Å². The Kier molecular flexibility index (Phi) is 13.7. The van der Waals surface area contributed by atoms with Gasteiger partial charge in [0.2, 0.25) is 5.57 Å². The van der Waals surface area contributed by atoms with Crippen LogP contribution in [-0.2, 0) is 47.6 Å². The van der Waals surface area contributed by atoms with E-state index in [-0.39, 0.29) is 39.6 Å². The summed E-state index contributed by atoms with van der Waals surface area (Å²) in [5.74, 6) is 0. The highest BCUT2D eigenvalue weighted by molar-refractivity contribution is 7.58. The van der Waals surface area contributed by atoms with Crippen molar-refractivity contribution in [2.45, 2.75) is 52.0 Å². The first kappa shape index (κ1) is 31.8. The third kappa shape index (κ3) is 10.4. The van der Waals surface area contributed by atoms with E-state index in [0.29, 0.717) is 0 Å². The van der Waals surface area contributed by atoms with Crippen LogP contribution in [0.3, 0.4) is 0 Å². The molecule has 3 rings (SSSR count). The molecule has 0 aromatic heterocycles. The lowest BCUT2D eigenvalue weighted by atomic mass is 10.1. The summed E-state index contributed by atoms with van der Waals surface area (Å²) in [7, 11) is -4.22. The number of rotatable bonds is 18. The summed E-state index contributed by atoms with van der Waals surface area (Å²) in [6, 6.07) is 28.2. The molecule has 1 N–H and O–H groups in total. The van der Waals surface area contributed by atoms with Crippen LogP contribution in [0.15, 0.2) is 103 Å². The van der Waals surface area contributed by atoms with Crippen molar-refractivity contribution in [1.82, 2.24) is 0 Å². The standard InChI is InChI=1S/C31H38FO7P/c1-3-38-40(34,39-4-2)30(32)20-29(36-22-26-16-10-6-11-17-26)31(37-23-27-18-12-7-13-19-27)28(33)24-35-21-25-14-8-5-9-15-25/h5-20,28-29,31,33H,3-4,21-24H2,1-2H3/b30-20+/t28-,29-,31-/m1/s1. The average Bonchev–Trinajstić information content (AvgIpc) is 2.97. The number of hydrogen-bond donors (Lipinski definition) is 1. The van der Waals surface area contributed by atoms with E-state index in [1.165, 1.54) is 0 Å². The molecule has 0 unspecified atom stereocenters. The molecule has 3 atom stereocenters. The molecule has 0 heterocycles. The molecule has 3 aromatic rings. The molecule has 0 saturated heterocycles. The molecule has 0 spiro atoms. The number of benzene rings is 3. The molecule has 0 amide bonds. The van der Waals surface area contributed by atoms with Crippen molar-refractivity contribution in [1.29, 1.82) is 0 Å². The topological polar surface area (TPSA) is 83.5 Å². The van der Waals surface area contributed by atoms with Gasteiger partial charge in [-0.1, -0.05) is 91.0 Å². The van der Waals surface area contributed by atoms with Gasteiger partial charge in [0.25, 0.3) is 0 Å². The first-order valence-electron chi connectivity index (χ1n) is 13.3. The lowest BCUT2D eigenvalue weighted by Crippen LogP contribution is -2.43. The Balaban J connectivity index is 1.88. The highest BCUT2D eigenvalue weighted by Crippen LogP contribution is 2.56. The Hall–Kier alpha value is -2.68. The largest absolute Gasteiger partial charge is 0.389 e.